The number of anilines is 2. The lowest BCUT2D eigenvalue weighted by atomic mass is 9.99. The number of nitro benzene ring substituents is 1. The van der Waals surface area contributed by atoms with Crippen LogP contribution in [-0.4, -0.2) is 28.8 Å². The zero-order valence-electron chi connectivity index (χ0n) is 15.7. The van der Waals surface area contributed by atoms with Crippen molar-refractivity contribution in [1.82, 2.24) is 4.90 Å². The number of halogens is 1. The Bertz CT molecular complexity index is 878. The van der Waals surface area contributed by atoms with Crippen LogP contribution in [0.5, 0.6) is 0 Å². The molecule has 0 radical (unpaired) electrons. The zero-order chi connectivity index (χ0) is 20.3. The monoisotopic (exact) mass is 386 g/mol. The molecule has 1 saturated heterocycles. The maximum atomic E-state index is 13.6. The number of likely N-dealkylation sites (tertiary alicyclic amines) is 1. The molecule has 0 spiro atoms. The molecule has 1 amide bonds. The molecule has 1 aliphatic heterocycles. The molecule has 0 bridgehead atoms. The van der Waals surface area contributed by atoms with Crippen LogP contribution in [0.15, 0.2) is 36.4 Å². The van der Waals surface area contributed by atoms with Crippen LogP contribution >= 0.6 is 0 Å². The summed E-state index contributed by atoms with van der Waals surface area (Å²) < 4.78 is 13.6. The Morgan fingerprint density at radius 1 is 1.29 bits per heavy atom. The van der Waals surface area contributed by atoms with Gasteiger partial charge >= 0.3 is 0 Å². The van der Waals surface area contributed by atoms with E-state index in [1.54, 1.807) is 12.1 Å². The van der Waals surface area contributed by atoms with Gasteiger partial charge in [-0.1, -0.05) is 19.1 Å². The molecule has 1 heterocycles. The maximum Gasteiger partial charge on any atom is 0.295 e. The first-order chi connectivity index (χ1) is 13.3. The van der Waals surface area contributed by atoms with Crippen molar-refractivity contribution in [3.63, 3.8) is 0 Å². The van der Waals surface area contributed by atoms with Gasteiger partial charge in [-0.2, -0.15) is 0 Å². The lowest BCUT2D eigenvalue weighted by Gasteiger charge is -2.30. The third-order valence-corrected chi connectivity index (χ3v) is 5.06. The van der Waals surface area contributed by atoms with Crippen LogP contribution in [0.25, 0.3) is 0 Å². The molecule has 0 aromatic heterocycles. The molecule has 2 aromatic carbocycles. The molecular weight excluding hydrogens is 363 g/mol. The highest BCUT2D eigenvalue weighted by Gasteiger charge is 2.22. The lowest BCUT2D eigenvalue weighted by molar-refractivity contribution is -0.384. The number of nitrogens with zero attached hydrogens (tertiary/aromatic N) is 2. The highest BCUT2D eigenvalue weighted by atomic mass is 19.1. The van der Waals surface area contributed by atoms with E-state index in [1.165, 1.54) is 12.8 Å². The normalized spacial score (nSPS) is 15.4. The average Bonchev–Trinajstić information content (AvgIpc) is 2.66. The summed E-state index contributed by atoms with van der Waals surface area (Å²) in [7, 11) is 0. The van der Waals surface area contributed by atoms with Crippen molar-refractivity contribution in [1.29, 1.82) is 0 Å². The molecule has 1 aliphatic rings. The van der Waals surface area contributed by atoms with E-state index in [9.17, 15) is 19.3 Å². The Hall–Kier alpha value is -3.00. The van der Waals surface area contributed by atoms with Crippen LogP contribution < -0.4 is 11.1 Å². The van der Waals surface area contributed by atoms with Crippen LogP contribution in [0.1, 0.15) is 35.7 Å². The number of hydrogen-bond donors (Lipinski definition) is 2. The molecule has 3 N–H and O–H groups in total. The Morgan fingerprint density at radius 3 is 2.54 bits per heavy atom. The number of carbonyl (C=O) groups is 1. The highest BCUT2D eigenvalue weighted by Crippen LogP contribution is 2.27. The first-order valence-electron chi connectivity index (χ1n) is 9.19. The SMILES string of the molecule is CC1CCN(Cc2ccc(NC(=O)c3cc(F)cc([N+](=O)[O-])c3N)cc2)CC1. The molecule has 0 unspecified atom stereocenters. The number of hydrogen-bond acceptors (Lipinski definition) is 5. The minimum Gasteiger partial charge on any atom is -0.393 e. The fraction of sp³-hybridized carbons (Fsp3) is 0.350. The van der Waals surface area contributed by atoms with Gasteiger partial charge in [-0.25, -0.2) is 4.39 Å². The van der Waals surface area contributed by atoms with Gasteiger partial charge in [-0.15, -0.1) is 0 Å². The van der Waals surface area contributed by atoms with Gasteiger partial charge in [0.25, 0.3) is 11.6 Å². The second-order valence-corrected chi connectivity index (χ2v) is 7.25. The molecule has 148 valence electrons. The van der Waals surface area contributed by atoms with Gasteiger partial charge in [-0.3, -0.25) is 19.8 Å². The summed E-state index contributed by atoms with van der Waals surface area (Å²) in [4.78, 5) is 24.9. The van der Waals surface area contributed by atoms with E-state index in [0.717, 1.165) is 37.2 Å². The molecular formula is C20H23FN4O3. The number of nitrogen functional groups attached to an aromatic ring is 1. The number of nitrogens with two attached hydrogens (primary N) is 1. The fourth-order valence-corrected chi connectivity index (χ4v) is 3.31. The predicted molar refractivity (Wildman–Crippen MR) is 106 cm³/mol. The first-order valence-corrected chi connectivity index (χ1v) is 9.19. The zero-order valence-corrected chi connectivity index (χ0v) is 15.7. The quantitative estimate of drug-likeness (QED) is 0.462. The van der Waals surface area contributed by atoms with Gasteiger partial charge < -0.3 is 11.1 Å². The van der Waals surface area contributed by atoms with Crippen molar-refractivity contribution in [2.75, 3.05) is 24.1 Å². The predicted octanol–water partition coefficient (Wildman–Crippen LogP) is 3.80. The van der Waals surface area contributed by atoms with E-state index in [4.69, 9.17) is 5.73 Å². The molecule has 7 nitrogen and oxygen atoms in total. The second kappa shape index (κ2) is 8.35. The molecule has 0 saturated carbocycles. The first kappa shape index (κ1) is 19.8. The van der Waals surface area contributed by atoms with E-state index in [1.807, 2.05) is 12.1 Å². The summed E-state index contributed by atoms with van der Waals surface area (Å²) in [6, 6.07) is 8.94. The summed E-state index contributed by atoms with van der Waals surface area (Å²) in [6.45, 7) is 5.29. The summed E-state index contributed by atoms with van der Waals surface area (Å²) in [5, 5.41) is 13.6. The van der Waals surface area contributed by atoms with Gasteiger partial charge in [0.05, 0.1) is 16.6 Å². The van der Waals surface area contributed by atoms with Crippen LogP contribution in [-0.2, 0) is 6.54 Å². The third kappa shape index (κ3) is 4.64. The van der Waals surface area contributed by atoms with E-state index in [0.29, 0.717) is 11.8 Å². The molecule has 28 heavy (non-hydrogen) atoms. The number of nitrogens with one attached hydrogen (secondary N) is 1. The van der Waals surface area contributed by atoms with Crippen LogP contribution in [0.3, 0.4) is 0 Å². The Kier molecular flexibility index (Phi) is 5.89. The minimum absolute atomic E-state index is 0.266. The number of amides is 1. The van der Waals surface area contributed by atoms with Crippen molar-refractivity contribution < 1.29 is 14.1 Å². The van der Waals surface area contributed by atoms with Crippen LogP contribution in [0, 0.1) is 21.8 Å². The lowest BCUT2D eigenvalue weighted by Crippen LogP contribution is -2.32. The van der Waals surface area contributed by atoms with E-state index in [-0.39, 0.29) is 11.3 Å². The molecule has 8 heteroatoms. The summed E-state index contributed by atoms with van der Waals surface area (Å²) >= 11 is 0. The van der Waals surface area contributed by atoms with Gasteiger partial charge in [0.1, 0.15) is 11.5 Å². The fourth-order valence-electron chi connectivity index (χ4n) is 3.31. The Morgan fingerprint density at radius 2 is 1.93 bits per heavy atom. The summed E-state index contributed by atoms with van der Waals surface area (Å²) in [6.07, 6.45) is 2.41. The summed E-state index contributed by atoms with van der Waals surface area (Å²) in [5.41, 5.74) is 6.06. The molecule has 0 aliphatic carbocycles. The van der Waals surface area contributed by atoms with E-state index >= 15 is 0 Å². The van der Waals surface area contributed by atoms with Crippen molar-refractivity contribution in [2.45, 2.75) is 26.3 Å². The number of piperidine rings is 1. The van der Waals surface area contributed by atoms with E-state index in [2.05, 4.69) is 17.1 Å². The average molecular weight is 386 g/mol. The largest absolute Gasteiger partial charge is 0.393 e. The van der Waals surface area contributed by atoms with Crippen molar-refractivity contribution in [3.05, 3.63) is 63.5 Å². The van der Waals surface area contributed by atoms with Crippen molar-refractivity contribution in [3.8, 4) is 0 Å². The highest BCUT2D eigenvalue weighted by molar-refractivity contribution is 6.08. The summed E-state index contributed by atoms with van der Waals surface area (Å²) in [5.74, 6) is -0.810. The van der Waals surface area contributed by atoms with Crippen molar-refractivity contribution >= 4 is 23.0 Å². The number of rotatable bonds is 5. The van der Waals surface area contributed by atoms with Gasteiger partial charge in [0.2, 0.25) is 0 Å². The van der Waals surface area contributed by atoms with Gasteiger partial charge in [0, 0.05) is 12.2 Å². The second-order valence-electron chi connectivity index (χ2n) is 7.25. The van der Waals surface area contributed by atoms with Crippen molar-refractivity contribution in [2.24, 2.45) is 5.92 Å². The van der Waals surface area contributed by atoms with Crippen LogP contribution in [0.2, 0.25) is 0 Å². The maximum absolute atomic E-state index is 13.6. The molecule has 2 aromatic rings. The topological polar surface area (TPSA) is 102 Å². The van der Waals surface area contributed by atoms with Gasteiger partial charge in [0.15, 0.2) is 0 Å². The number of benzene rings is 2. The molecule has 3 rings (SSSR count). The van der Waals surface area contributed by atoms with Gasteiger partial charge in [-0.05, 0) is 55.6 Å². The Labute approximate surface area is 162 Å². The Balaban J connectivity index is 1.67. The number of carbonyl (C=O) groups excluding carboxylic acids is 1. The molecule has 0 atom stereocenters. The number of nitro groups is 1. The standard InChI is InChI=1S/C20H23FN4O3/c1-13-6-8-24(9-7-13)12-14-2-4-16(5-3-14)23-20(26)17-10-15(21)11-18(19(17)22)25(27)28/h2-5,10-11,13H,6-9,12,22H2,1H3,(H,23,26). The minimum atomic E-state index is -0.891. The third-order valence-electron chi connectivity index (χ3n) is 5.06. The molecule has 1 fully saturated rings. The smallest absolute Gasteiger partial charge is 0.295 e. The van der Waals surface area contributed by atoms with Crippen LogP contribution in [0.4, 0.5) is 21.5 Å². The van der Waals surface area contributed by atoms with E-state index < -0.39 is 22.3 Å².